The fourth-order valence-electron chi connectivity index (χ4n) is 8.07. The lowest BCUT2D eigenvalue weighted by atomic mass is 10.0. The maximum absolute atomic E-state index is 5.25. The molecule has 0 aliphatic heterocycles. The van der Waals surface area contributed by atoms with Gasteiger partial charge in [-0.25, -0.2) is 0 Å². The van der Waals surface area contributed by atoms with Crippen LogP contribution in [0, 0.1) is 0 Å². The highest BCUT2D eigenvalue weighted by Crippen LogP contribution is 2.42. The van der Waals surface area contributed by atoms with Crippen LogP contribution >= 0.6 is 0 Å². The molecule has 7 nitrogen and oxygen atoms in total. The number of pyridine rings is 5. The fourth-order valence-corrected chi connectivity index (χ4v) is 8.07. The van der Waals surface area contributed by atoms with Crippen LogP contribution in [-0.2, 0) is 0 Å². The molecule has 0 spiro atoms. The van der Waals surface area contributed by atoms with E-state index in [1.54, 1.807) is 0 Å². The number of fused-ring (bicyclic) bond motifs is 7. The van der Waals surface area contributed by atoms with E-state index in [9.17, 15) is 0 Å². The van der Waals surface area contributed by atoms with Crippen molar-refractivity contribution in [3.63, 3.8) is 0 Å². The Balaban J connectivity index is 1.29. The number of para-hydroxylation sites is 2. The average molecular weight is 718 g/mol. The van der Waals surface area contributed by atoms with Gasteiger partial charge in [-0.2, -0.15) is 0 Å². The first kappa shape index (κ1) is 31.7. The smallest absolute Gasteiger partial charge is 0.0985 e. The van der Waals surface area contributed by atoms with Gasteiger partial charge in [-0.05, 0) is 97.1 Å². The van der Waals surface area contributed by atoms with Crippen molar-refractivity contribution >= 4 is 43.7 Å². The Hall–Kier alpha value is -7.77. The van der Waals surface area contributed by atoms with Crippen LogP contribution < -0.4 is 0 Å². The first-order chi connectivity index (χ1) is 27.8. The second-order valence-electron chi connectivity index (χ2n) is 13.8. The number of hydrogen-bond donors (Lipinski definition) is 0. The molecule has 0 atom stereocenters. The van der Waals surface area contributed by atoms with E-state index in [0.717, 1.165) is 100 Å². The Labute approximate surface area is 321 Å². The zero-order valence-corrected chi connectivity index (χ0v) is 30.0. The zero-order chi connectivity index (χ0) is 37.0. The molecule has 0 aliphatic rings. The van der Waals surface area contributed by atoms with Crippen molar-refractivity contribution in [1.82, 2.24) is 34.1 Å². The molecule has 11 aromatic rings. The van der Waals surface area contributed by atoms with Gasteiger partial charge in [0.1, 0.15) is 0 Å². The SMILES string of the molecule is c1ccc(-c2cc(-c3ccccn3)cc(-n3c4ccccc4c4cnc5c6ccccc6n(-c6cc(-c7ccccn7)cc(-c7ccccn7)c6)c5c43)c2)nc1. The van der Waals surface area contributed by atoms with Gasteiger partial charge in [-0.1, -0.05) is 60.7 Å². The van der Waals surface area contributed by atoms with Crippen LogP contribution in [0.15, 0.2) is 189 Å². The Morgan fingerprint density at radius 2 is 0.714 bits per heavy atom. The molecule has 7 heteroatoms. The van der Waals surface area contributed by atoms with Gasteiger partial charge in [-0.15, -0.1) is 0 Å². The summed E-state index contributed by atoms with van der Waals surface area (Å²) in [7, 11) is 0. The molecule has 0 bridgehead atoms. The van der Waals surface area contributed by atoms with Gasteiger partial charge in [0, 0.05) is 80.8 Å². The Kier molecular flexibility index (Phi) is 7.35. The topological polar surface area (TPSA) is 74.3 Å². The van der Waals surface area contributed by atoms with Crippen LogP contribution in [0.4, 0.5) is 0 Å². The number of hydrogen-bond acceptors (Lipinski definition) is 5. The van der Waals surface area contributed by atoms with E-state index in [4.69, 9.17) is 24.9 Å². The van der Waals surface area contributed by atoms with E-state index in [1.807, 2.05) is 79.5 Å². The molecule has 7 aromatic heterocycles. The molecule has 0 saturated carbocycles. The normalized spacial score (nSPS) is 11.6. The third kappa shape index (κ3) is 5.17. The number of rotatable bonds is 6. The van der Waals surface area contributed by atoms with Crippen LogP contribution in [0.3, 0.4) is 0 Å². The van der Waals surface area contributed by atoms with E-state index in [2.05, 4.69) is 118 Å². The van der Waals surface area contributed by atoms with E-state index in [1.165, 1.54) is 0 Å². The number of nitrogens with zero attached hydrogens (tertiary/aromatic N) is 7. The largest absolute Gasteiger partial charge is 0.307 e. The number of benzene rings is 4. The average Bonchev–Trinajstić information content (AvgIpc) is 3.81. The van der Waals surface area contributed by atoms with Crippen molar-refractivity contribution in [2.24, 2.45) is 0 Å². The van der Waals surface area contributed by atoms with Gasteiger partial charge in [-0.3, -0.25) is 24.9 Å². The molecule has 0 aliphatic carbocycles. The first-order valence-electron chi connectivity index (χ1n) is 18.6. The molecule has 262 valence electrons. The molecular formula is C49H31N7. The van der Waals surface area contributed by atoms with Crippen molar-refractivity contribution in [3.8, 4) is 56.4 Å². The van der Waals surface area contributed by atoms with Gasteiger partial charge in [0.05, 0.1) is 50.4 Å². The van der Waals surface area contributed by atoms with Crippen molar-refractivity contribution in [2.75, 3.05) is 0 Å². The van der Waals surface area contributed by atoms with Gasteiger partial charge in [0.2, 0.25) is 0 Å². The second kappa shape index (κ2) is 13.0. The zero-order valence-electron chi connectivity index (χ0n) is 30.0. The van der Waals surface area contributed by atoms with Crippen molar-refractivity contribution in [3.05, 3.63) is 189 Å². The minimum Gasteiger partial charge on any atom is -0.307 e. The van der Waals surface area contributed by atoms with Crippen LogP contribution in [0.25, 0.3) is 100 Å². The molecule has 0 saturated heterocycles. The van der Waals surface area contributed by atoms with E-state index >= 15 is 0 Å². The highest BCUT2D eigenvalue weighted by molar-refractivity contribution is 6.22. The van der Waals surface area contributed by atoms with Crippen LogP contribution in [0.1, 0.15) is 0 Å². The lowest BCUT2D eigenvalue weighted by Crippen LogP contribution is -2.01. The molecule has 0 radical (unpaired) electrons. The van der Waals surface area contributed by atoms with E-state index in [0.29, 0.717) is 0 Å². The first-order valence-corrected chi connectivity index (χ1v) is 18.6. The van der Waals surface area contributed by atoms with E-state index < -0.39 is 0 Å². The lowest BCUT2D eigenvalue weighted by Gasteiger charge is -2.16. The highest BCUT2D eigenvalue weighted by Gasteiger charge is 2.23. The maximum Gasteiger partial charge on any atom is 0.0985 e. The van der Waals surface area contributed by atoms with Crippen molar-refractivity contribution < 1.29 is 0 Å². The summed E-state index contributed by atoms with van der Waals surface area (Å²) in [6.45, 7) is 0. The molecule has 11 rings (SSSR count). The van der Waals surface area contributed by atoms with Crippen molar-refractivity contribution in [1.29, 1.82) is 0 Å². The summed E-state index contributed by atoms with van der Waals surface area (Å²) in [5.41, 5.74) is 14.7. The molecule has 0 fully saturated rings. The third-order valence-corrected chi connectivity index (χ3v) is 10.5. The molecule has 56 heavy (non-hydrogen) atoms. The molecular weight excluding hydrogens is 687 g/mol. The minimum atomic E-state index is 0.887. The molecule has 0 unspecified atom stereocenters. The summed E-state index contributed by atoms with van der Waals surface area (Å²) in [6, 6.07) is 54.6. The van der Waals surface area contributed by atoms with Crippen LogP contribution in [0.2, 0.25) is 0 Å². The predicted molar refractivity (Wildman–Crippen MR) is 226 cm³/mol. The molecule has 0 amide bonds. The van der Waals surface area contributed by atoms with E-state index in [-0.39, 0.29) is 0 Å². The third-order valence-electron chi connectivity index (χ3n) is 10.5. The standard InChI is InChI=1S/C49H31N7/c1-3-19-45-38(13-1)40-31-54-47-39-14-2-4-20-46(39)56(37-29-34(43-17-7-11-23-52-43)26-35(30-37)44-18-8-12-24-53-44)49(47)48(40)55(45)36-27-32(41-15-5-9-21-50-41)25-33(28-36)42-16-6-10-22-51-42/h1-31H. The summed E-state index contributed by atoms with van der Waals surface area (Å²) < 4.78 is 4.77. The predicted octanol–water partition coefficient (Wildman–Crippen LogP) is 11.5. The number of aromatic nitrogens is 7. The molecule has 7 heterocycles. The molecule has 0 N–H and O–H groups in total. The highest BCUT2D eigenvalue weighted by atomic mass is 15.1. The van der Waals surface area contributed by atoms with Crippen LogP contribution in [-0.4, -0.2) is 34.1 Å². The summed E-state index contributed by atoms with van der Waals surface area (Å²) in [6.07, 6.45) is 9.41. The second-order valence-corrected chi connectivity index (χ2v) is 13.8. The summed E-state index contributed by atoms with van der Waals surface area (Å²) >= 11 is 0. The summed E-state index contributed by atoms with van der Waals surface area (Å²) in [5, 5.41) is 3.25. The Morgan fingerprint density at radius 3 is 1.16 bits per heavy atom. The quantitative estimate of drug-likeness (QED) is 0.171. The Morgan fingerprint density at radius 1 is 0.321 bits per heavy atom. The molecule has 4 aromatic carbocycles. The maximum atomic E-state index is 5.25. The fraction of sp³-hybridized carbons (Fsp3) is 0. The summed E-state index contributed by atoms with van der Waals surface area (Å²) in [4.78, 5) is 24.4. The van der Waals surface area contributed by atoms with Crippen molar-refractivity contribution in [2.45, 2.75) is 0 Å². The monoisotopic (exact) mass is 717 g/mol. The summed E-state index contributed by atoms with van der Waals surface area (Å²) in [5.74, 6) is 0. The van der Waals surface area contributed by atoms with Gasteiger partial charge >= 0.3 is 0 Å². The van der Waals surface area contributed by atoms with Gasteiger partial charge in [0.25, 0.3) is 0 Å². The van der Waals surface area contributed by atoms with Crippen LogP contribution in [0.5, 0.6) is 0 Å². The minimum absolute atomic E-state index is 0.887. The Bertz CT molecular complexity index is 2890. The lowest BCUT2D eigenvalue weighted by molar-refractivity contribution is 1.14. The van der Waals surface area contributed by atoms with Gasteiger partial charge < -0.3 is 9.13 Å². The van der Waals surface area contributed by atoms with Gasteiger partial charge in [0.15, 0.2) is 0 Å².